The number of ether oxygens (including phenoxy) is 1. The average molecular weight is 333 g/mol. The van der Waals surface area contributed by atoms with Crippen LogP contribution >= 0.6 is 15.9 Å². The first-order chi connectivity index (χ1) is 9.00. The van der Waals surface area contributed by atoms with Crippen LogP contribution in [0.25, 0.3) is 0 Å². The van der Waals surface area contributed by atoms with Crippen LogP contribution in [0.15, 0.2) is 0 Å². The summed E-state index contributed by atoms with van der Waals surface area (Å²) in [5, 5.41) is 0.941. The normalized spacial score (nSPS) is 33.5. The van der Waals surface area contributed by atoms with Crippen molar-refractivity contribution in [3.63, 3.8) is 0 Å². The lowest BCUT2D eigenvalue weighted by Gasteiger charge is -2.43. The monoisotopic (exact) mass is 332 g/mol. The Kier molecular flexibility index (Phi) is 5.70. The number of piperidine rings is 1. The highest BCUT2D eigenvalue weighted by molar-refractivity contribution is 9.09. The van der Waals surface area contributed by atoms with E-state index in [9.17, 15) is 0 Å². The summed E-state index contributed by atoms with van der Waals surface area (Å²) in [6.07, 6.45) is 5.82. The standard InChI is InChI=1S/C15H29BrN2O/c1-15(2)12-18(11-14(10-16)19-15)9-7-13-6-4-5-8-17(13)3/h13-14H,4-12H2,1-3H3. The number of nitrogens with zero attached hydrogens (tertiary/aromatic N) is 2. The zero-order valence-corrected chi connectivity index (χ0v) is 14.3. The Morgan fingerprint density at radius 1 is 1.32 bits per heavy atom. The summed E-state index contributed by atoms with van der Waals surface area (Å²) < 4.78 is 6.07. The van der Waals surface area contributed by atoms with E-state index in [0.717, 1.165) is 24.5 Å². The highest BCUT2D eigenvalue weighted by Gasteiger charge is 2.33. The number of morpholine rings is 1. The lowest BCUT2D eigenvalue weighted by atomic mass is 9.99. The second-order valence-corrected chi connectivity index (χ2v) is 7.46. The minimum absolute atomic E-state index is 0.00481. The Bertz CT molecular complexity index is 285. The molecular weight excluding hydrogens is 304 g/mol. The third-order valence-electron chi connectivity index (χ3n) is 4.42. The maximum absolute atomic E-state index is 6.07. The summed E-state index contributed by atoms with van der Waals surface area (Å²) in [5.41, 5.74) is -0.00481. The van der Waals surface area contributed by atoms with Gasteiger partial charge in [0.2, 0.25) is 0 Å². The van der Waals surface area contributed by atoms with E-state index in [2.05, 4.69) is 46.6 Å². The Hall–Kier alpha value is 0.360. The average Bonchev–Trinajstić information content (AvgIpc) is 2.36. The van der Waals surface area contributed by atoms with Crippen LogP contribution in [0.4, 0.5) is 0 Å². The van der Waals surface area contributed by atoms with Gasteiger partial charge < -0.3 is 9.64 Å². The maximum atomic E-state index is 6.07. The van der Waals surface area contributed by atoms with Gasteiger partial charge in [0.25, 0.3) is 0 Å². The Balaban J connectivity index is 1.81. The van der Waals surface area contributed by atoms with Gasteiger partial charge in [0, 0.05) is 24.5 Å². The Labute approximate surface area is 126 Å². The van der Waals surface area contributed by atoms with Crippen molar-refractivity contribution in [2.24, 2.45) is 0 Å². The van der Waals surface area contributed by atoms with Gasteiger partial charge in [-0.3, -0.25) is 4.90 Å². The summed E-state index contributed by atoms with van der Waals surface area (Å²) in [6, 6.07) is 0.794. The molecule has 0 spiro atoms. The van der Waals surface area contributed by atoms with Crippen molar-refractivity contribution >= 4 is 15.9 Å². The summed E-state index contributed by atoms with van der Waals surface area (Å²) in [5.74, 6) is 0. The minimum Gasteiger partial charge on any atom is -0.369 e. The highest BCUT2D eigenvalue weighted by Crippen LogP contribution is 2.24. The van der Waals surface area contributed by atoms with Crippen LogP contribution in [0.2, 0.25) is 0 Å². The quantitative estimate of drug-likeness (QED) is 0.736. The molecule has 2 heterocycles. The van der Waals surface area contributed by atoms with Crippen LogP contribution < -0.4 is 0 Å². The number of hydrogen-bond donors (Lipinski definition) is 0. The van der Waals surface area contributed by atoms with Gasteiger partial charge in [-0.1, -0.05) is 22.4 Å². The summed E-state index contributed by atoms with van der Waals surface area (Å²) in [6.45, 7) is 9.05. The van der Waals surface area contributed by atoms with Gasteiger partial charge in [-0.25, -0.2) is 0 Å². The third kappa shape index (κ3) is 4.69. The molecule has 19 heavy (non-hydrogen) atoms. The molecule has 2 atom stereocenters. The van der Waals surface area contributed by atoms with E-state index in [1.54, 1.807) is 0 Å². The van der Waals surface area contributed by atoms with Crippen molar-refractivity contribution < 1.29 is 4.74 Å². The fraction of sp³-hybridized carbons (Fsp3) is 1.00. The van der Waals surface area contributed by atoms with E-state index >= 15 is 0 Å². The maximum Gasteiger partial charge on any atom is 0.0806 e. The zero-order valence-electron chi connectivity index (χ0n) is 12.7. The first-order valence-corrected chi connectivity index (χ1v) is 8.79. The van der Waals surface area contributed by atoms with Crippen LogP contribution in [0, 0.1) is 0 Å². The molecule has 0 N–H and O–H groups in total. The molecule has 2 aliphatic heterocycles. The molecular formula is C15H29BrN2O. The number of hydrogen-bond acceptors (Lipinski definition) is 3. The molecule has 0 saturated carbocycles. The van der Waals surface area contributed by atoms with Crippen molar-refractivity contribution in [3.8, 4) is 0 Å². The molecule has 0 amide bonds. The molecule has 112 valence electrons. The number of likely N-dealkylation sites (tertiary alicyclic amines) is 1. The van der Waals surface area contributed by atoms with Crippen LogP contribution in [0.3, 0.4) is 0 Å². The summed E-state index contributed by atoms with van der Waals surface area (Å²) in [4.78, 5) is 5.15. The molecule has 2 rings (SSSR count). The summed E-state index contributed by atoms with van der Waals surface area (Å²) >= 11 is 3.57. The molecule has 0 aromatic carbocycles. The lowest BCUT2D eigenvalue weighted by molar-refractivity contribution is -0.127. The fourth-order valence-corrected chi connectivity index (χ4v) is 3.84. The molecule has 4 heteroatoms. The van der Waals surface area contributed by atoms with Crippen molar-refractivity contribution in [2.75, 3.05) is 38.6 Å². The second-order valence-electron chi connectivity index (χ2n) is 6.81. The van der Waals surface area contributed by atoms with E-state index in [1.165, 1.54) is 38.8 Å². The molecule has 2 aliphatic rings. The molecule has 0 aromatic rings. The SMILES string of the molecule is CN1CCCCC1CCN1CC(CBr)OC(C)(C)C1. The number of alkyl halides is 1. The largest absolute Gasteiger partial charge is 0.369 e. The molecule has 2 unspecified atom stereocenters. The van der Waals surface area contributed by atoms with Crippen molar-refractivity contribution in [3.05, 3.63) is 0 Å². The van der Waals surface area contributed by atoms with E-state index in [4.69, 9.17) is 4.74 Å². The van der Waals surface area contributed by atoms with Gasteiger partial charge in [0.15, 0.2) is 0 Å². The van der Waals surface area contributed by atoms with Gasteiger partial charge in [-0.15, -0.1) is 0 Å². The molecule has 0 aromatic heterocycles. The minimum atomic E-state index is -0.00481. The Morgan fingerprint density at radius 3 is 2.79 bits per heavy atom. The second kappa shape index (κ2) is 6.88. The first kappa shape index (κ1) is 15.7. The van der Waals surface area contributed by atoms with Crippen molar-refractivity contribution in [1.29, 1.82) is 0 Å². The fourth-order valence-electron chi connectivity index (χ4n) is 3.51. The predicted octanol–water partition coefficient (Wildman–Crippen LogP) is 2.74. The van der Waals surface area contributed by atoms with Crippen molar-refractivity contribution in [2.45, 2.75) is 57.3 Å². The smallest absolute Gasteiger partial charge is 0.0806 e. The van der Waals surface area contributed by atoms with Gasteiger partial charge in [-0.2, -0.15) is 0 Å². The van der Waals surface area contributed by atoms with Crippen LogP contribution in [-0.4, -0.2) is 66.1 Å². The van der Waals surface area contributed by atoms with Crippen LogP contribution in [0.5, 0.6) is 0 Å². The van der Waals surface area contributed by atoms with Gasteiger partial charge >= 0.3 is 0 Å². The molecule has 2 saturated heterocycles. The molecule has 2 fully saturated rings. The highest BCUT2D eigenvalue weighted by atomic mass is 79.9. The predicted molar refractivity (Wildman–Crippen MR) is 84.1 cm³/mol. The number of halogens is 1. The van der Waals surface area contributed by atoms with Crippen LogP contribution in [-0.2, 0) is 4.74 Å². The molecule has 0 radical (unpaired) electrons. The van der Waals surface area contributed by atoms with Crippen molar-refractivity contribution in [1.82, 2.24) is 9.80 Å². The van der Waals surface area contributed by atoms with Gasteiger partial charge in [0.1, 0.15) is 0 Å². The molecule has 3 nitrogen and oxygen atoms in total. The van der Waals surface area contributed by atoms with Gasteiger partial charge in [0.05, 0.1) is 11.7 Å². The Morgan fingerprint density at radius 2 is 2.11 bits per heavy atom. The molecule has 0 bridgehead atoms. The zero-order chi connectivity index (χ0) is 13.9. The number of rotatable bonds is 4. The van der Waals surface area contributed by atoms with Gasteiger partial charge in [-0.05, 0) is 53.2 Å². The summed E-state index contributed by atoms with van der Waals surface area (Å²) in [7, 11) is 2.29. The van der Waals surface area contributed by atoms with E-state index in [-0.39, 0.29) is 5.60 Å². The van der Waals surface area contributed by atoms with E-state index in [0.29, 0.717) is 6.10 Å². The molecule has 0 aliphatic carbocycles. The topological polar surface area (TPSA) is 15.7 Å². The van der Waals surface area contributed by atoms with E-state index < -0.39 is 0 Å². The van der Waals surface area contributed by atoms with Crippen LogP contribution in [0.1, 0.15) is 39.5 Å². The first-order valence-electron chi connectivity index (χ1n) is 7.66. The van der Waals surface area contributed by atoms with E-state index in [1.807, 2.05) is 0 Å². The lowest BCUT2D eigenvalue weighted by Crippen LogP contribution is -2.54. The third-order valence-corrected chi connectivity index (χ3v) is 5.15.